The van der Waals surface area contributed by atoms with E-state index in [1.807, 2.05) is 36.3 Å². The molecular weight excluding hydrogens is 509 g/mol. The number of rotatable bonds is 8. The van der Waals surface area contributed by atoms with Crippen molar-refractivity contribution in [2.45, 2.75) is 31.2 Å². The molecule has 6 rings (SSSR count). The van der Waals surface area contributed by atoms with Crippen molar-refractivity contribution in [3.63, 3.8) is 0 Å². The lowest BCUT2D eigenvalue weighted by molar-refractivity contribution is 0.110. The largest absolute Gasteiger partial charge is 0.410 e. The second kappa shape index (κ2) is 11.0. The van der Waals surface area contributed by atoms with E-state index < -0.39 is 0 Å². The minimum atomic E-state index is -0.250. The molecule has 201 valence electrons. The smallest absolute Gasteiger partial charge is 0.329 e. The molecule has 1 radical (unpaired) electrons. The van der Waals surface area contributed by atoms with Crippen LogP contribution in [0.3, 0.4) is 0 Å². The molecule has 0 unspecified atom stereocenters. The van der Waals surface area contributed by atoms with Crippen LogP contribution in [0, 0.1) is 11.3 Å². The third-order valence-corrected chi connectivity index (χ3v) is 7.88. The number of nitrogens with one attached hydrogen (secondary N) is 1. The van der Waals surface area contributed by atoms with Gasteiger partial charge in [0, 0.05) is 87.5 Å². The summed E-state index contributed by atoms with van der Waals surface area (Å²) in [4.78, 5) is 27.7. The Morgan fingerprint density at radius 1 is 1.23 bits per heavy atom. The summed E-state index contributed by atoms with van der Waals surface area (Å²) >= 11 is 0. The van der Waals surface area contributed by atoms with Crippen molar-refractivity contribution in [3.05, 3.63) is 47.8 Å². The van der Waals surface area contributed by atoms with Gasteiger partial charge in [0.1, 0.15) is 12.3 Å². The predicted molar refractivity (Wildman–Crippen MR) is 157 cm³/mol. The minimum Gasteiger partial charge on any atom is -0.410 e. The number of piperazine rings is 1. The number of benzene rings is 1. The van der Waals surface area contributed by atoms with E-state index in [2.05, 4.69) is 44.3 Å². The molecule has 2 fully saturated rings. The molecule has 1 aliphatic carbocycles. The van der Waals surface area contributed by atoms with E-state index in [1.165, 1.54) is 12.8 Å². The molecule has 2 aromatic heterocycles. The molecule has 1 atom stereocenters. The number of aromatic nitrogens is 4. The fourth-order valence-corrected chi connectivity index (χ4v) is 5.91. The van der Waals surface area contributed by atoms with Gasteiger partial charge in [-0.15, -0.1) is 0 Å². The van der Waals surface area contributed by atoms with Crippen LogP contribution in [0.25, 0.3) is 11.3 Å². The Balaban J connectivity index is 0.00000308. The average molecular weight is 543 g/mol. The van der Waals surface area contributed by atoms with E-state index in [1.54, 1.807) is 18.3 Å². The standard InChI is InChI=1S/C27H31BN9O.H2S/c1-27(16-35-9-11-36(12-10-35)21-3-4-21)17-37(28-18-38)25-20(15-29)13-19(14-22(25)27)23-5-7-30-26(31-23)32-24-6-8-34(2)33-24;/h5-8,13-14,18,21H,3-4,9-12,16-17H2,1-2H3,(H,30,31,32,33);1H2/t27-;/m0./s1. The normalized spacial score (nSPS) is 21.1. The van der Waals surface area contributed by atoms with Crippen LogP contribution >= 0.6 is 13.5 Å². The van der Waals surface area contributed by atoms with Crippen LogP contribution in [0.15, 0.2) is 36.7 Å². The minimum absolute atomic E-state index is 0. The summed E-state index contributed by atoms with van der Waals surface area (Å²) in [5.74, 6) is 1.10. The highest BCUT2D eigenvalue weighted by Gasteiger charge is 2.42. The number of hydrogen-bond acceptors (Lipinski definition) is 9. The number of hydrogen-bond donors (Lipinski definition) is 1. The zero-order valence-corrected chi connectivity index (χ0v) is 23.3. The Kier molecular flexibility index (Phi) is 7.67. The summed E-state index contributed by atoms with van der Waals surface area (Å²) in [5, 5.41) is 17.6. The lowest BCUT2D eigenvalue weighted by Crippen LogP contribution is -2.51. The maximum absolute atomic E-state index is 11.5. The summed E-state index contributed by atoms with van der Waals surface area (Å²) in [7, 11) is 3.40. The number of carbonyl (C=O) groups is 1. The van der Waals surface area contributed by atoms with Crippen LogP contribution in [-0.2, 0) is 17.3 Å². The van der Waals surface area contributed by atoms with E-state index in [0.29, 0.717) is 23.9 Å². The van der Waals surface area contributed by atoms with Gasteiger partial charge in [-0.3, -0.25) is 14.5 Å². The average Bonchev–Trinajstić information content (AvgIpc) is 3.63. The van der Waals surface area contributed by atoms with Gasteiger partial charge in [0.05, 0.1) is 11.3 Å². The fraction of sp³-hybridized carbons (Fsp3) is 0.444. The summed E-state index contributed by atoms with van der Waals surface area (Å²) in [6.07, 6.45) is 7.03. The van der Waals surface area contributed by atoms with Gasteiger partial charge in [-0.25, -0.2) is 9.97 Å². The number of nitriles is 1. The molecule has 3 aliphatic rings. The molecule has 39 heavy (non-hydrogen) atoms. The topological polar surface area (TPSA) is 106 Å². The Morgan fingerprint density at radius 3 is 2.69 bits per heavy atom. The van der Waals surface area contributed by atoms with E-state index in [0.717, 1.165) is 67.5 Å². The maximum atomic E-state index is 11.5. The van der Waals surface area contributed by atoms with Gasteiger partial charge in [-0.1, -0.05) is 6.92 Å². The van der Waals surface area contributed by atoms with Crippen molar-refractivity contribution in [1.29, 1.82) is 5.26 Å². The van der Waals surface area contributed by atoms with E-state index in [9.17, 15) is 10.1 Å². The molecule has 3 aromatic rings. The van der Waals surface area contributed by atoms with E-state index in [4.69, 9.17) is 4.98 Å². The van der Waals surface area contributed by atoms with Crippen molar-refractivity contribution in [2.24, 2.45) is 7.05 Å². The zero-order chi connectivity index (χ0) is 26.3. The van der Waals surface area contributed by atoms with Crippen LogP contribution in [0.5, 0.6) is 0 Å². The van der Waals surface area contributed by atoms with Crippen molar-refractivity contribution in [3.8, 4) is 17.3 Å². The van der Waals surface area contributed by atoms with Gasteiger partial charge in [0.15, 0.2) is 5.82 Å². The summed E-state index contributed by atoms with van der Waals surface area (Å²) in [6, 6.07) is 10.9. The molecule has 10 nitrogen and oxygen atoms in total. The summed E-state index contributed by atoms with van der Waals surface area (Å²) < 4.78 is 1.71. The van der Waals surface area contributed by atoms with Crippen LogP contribution in [0.2, 0.25) is 0 Å². The molecule has 2 aliphatic heterocycles. The molecule has 1 saturated heterocycles. The van der Waals surface area contributed by atoms with Crippen LogP contribution < -0.4 is 10.1 Å². The van der Waals surface area contributed by atoms with E-state index >= 15 is 0 Å². The van der Waals surface area contributed by atoms with Crippen molar-refractivity contribution in [2.75, 3.05) is 49.4 Å². The van der Waals surface area contributed by atoms with Gasteiger partial charge < -0.3 is 14.9 Å². The second-order valence-electron chi connectivity index (χ2n) is 10.8. The Morgan fingerprint density at radius 2 is 2.03 bits per heavy atom. The van der Waals surface area contributed by atoms with Crippen molar-refractivity contribution >= 4 is 44.5 Å². The summed E-state index contributed by atoms with van der Waals surface area (Å²) in [5.41, 5.74) is 3.76. The molecule has 1 aromatic carbocycles. The Hall–Kier alpha value is -3.40. The van der Waals surface area contributed by atoms with E-state index in [-0.39, 0.29) is 18.9 Å². The van der Waals surface area contributed by atoms with Gasteiger partial charge >= 0.3 is 7.41 Å². The Bertz CT molecular complexity index is 1400. The monoisotopic (exact) mass is 542 g/mol. The third-order valence-electron chi connectivity index (χ3n) is 7.88. The first-order chi connectivity index (χ1) is 18.5. The van der Waals surface area contributed by atoms with Gasteiger partial charge in [-0.2, -0.15) is 23.9 Å². The number of fused-ring (bicyclic) bond motifs is 1. The highest BCUT2D eigenvalue weighted by molar-refractivity contribution is 7.59. The molecule has 1 N–H and O–H groups in total. The predicted octanol–water partition coefficient (Wildman–Crippen LogP) is 2.27. The first-order valence-corrected chi connectivity index (χ1v) is 13.2. The van der Waals surface area contributed by atoms with Crippen molar-refractivity contribution in [1.82, 2.24) is 29.5 Å². The number of nitrogens with zero attached hydrogens (tertiary/aromatic N) is 8. The zero-order valence-electron chi connectivity index (χ0n) is 22.3. The summed E-state index contributed by atoms with van der Waals surface area (Å²) in [6.45, 7) is 8.06. The van der Waals surface area contributed by atoms with Crippen LogP contribution in [0.4, 0.5) is 17.5 Å². The molecule has 12 heteroatoms. The molecule has 0 spiro atoms. The first-order valence-electron chi connectivity index (χ1n) is 13.2. The quantitative estimate of drug-likeness (QED) is 0.339. The molecule has 0 bridgehead atoms. The number of anilines is 3. The van der Waals surface area contributed by atoms with Gasteiger partial charge in [0.2, 0.25) is 5.95 Å². The Labute approximate surface area is 236 Å². The molecule has 4 heterocycles. The lowest BCUT2D eigenvalue weighted by Gasteiger charge is -2.39. The van der Waals surface area contributed by atoms with Gasteiger partial charge in [-0.05, 0) is 36.6 Å². The maximum Gasteiger partial charge on any atom is 0.329 e. The van der Waals surface area contributed by atoms with Crippen molar-refractivity contribution < 1.29 is 4.79 Å². The molecular formula is C27H33BN9OS. The number of carbonyl (C=O) groups excluding carboxylic acids is 1. The third kappa shape index (κ3) is 5.52. The SMILES string of the molecule is Cn1ccc(Nc2nccc(-c3cc(C#N)c4c(c3)[C@@](C)(CN3CCN(C5CC5)CC3)CN4[B]C=O)n2)n1.S. The second-order valence-corrected chi connectivity index (χ2v) is 10.8. The van der Waals surface area contributed by atoms with Crippen LogP contribution in [-0.4, -0.2) is 88.5 Å². The highest BCUT2D eigenvalue weighted by Crippen LogP contribution is 2.45. The van der Waals surface area contributed by atoms with Crippen LogP contribution in [0.1, 0.15) is 30.9 Å². The molecule has 0 amide bonds. The highest BCUT2D eigenvalue weighted by atomic mass is 32.1. The van der Waals surface area contributed by atoms with Gasteiger partial charge in [0.25, 0.3) is 0 Å². The fourth-order valence-electron chi connectivity index (χ4n) is 5.91. The molecule has 1 saturated carbocycles. The lowest BCUT2D eigenvalue weighted by atomic mass is 9.81. The number of aryl methyl sites for hydroxylation is 1. The first kappa shape index (κ1) is 27.2.